The SMILES string of the molecule is CC(=O)Nc1cccc(C2CCN(CC(C)S(=O)(=O)O)CC2)c1. The minimum absolute atomic E-state index is 0.0869. The van der Waals surface area contributed by atoms with Gasteiger partial charge in [-0.1, -0.05) is 12.1 Å². The molecule has 0 aliphatic carbocycles. The molecular weight excluding hydrogens is 316 g/mol. The van der Waals surface area contributed by atoms with Gasteiger partial charge >= 0.3 is 0 Å². The molecule has 1 heterocycles. The summed E-state index contributed by atoms with van der Waals surface area (Å²) >= 11 is 0. The minimum Gasteiger partial charge on any atom is -0.326 e. The van der Waals surface area contributed by atoms with Crippen molar-refractivity contribution in [2.24, 2.45) is 0 Å². The number of piperidine rings is 1. The molecule has 0 spiro atoms. The van der Waals surface area contributed by atoms with Crippen molar-refractivity contribution in [2.75, 3.05) is 25.0 Å². The monoisotopic (exact) mass is 340 g/mol. The number of hydrogen-bond donors (Lipinski definition) is 2. The van der Waals surface area contributed by atoms with Gasteiger partial charge in [-0.3, -0.25) is 9.35 Å². The number of carbonyl (C=O) groups is 1. The van der Waals surface area contributed by atoms with Crippen molar-refractivity contribution in [3.8, 4) is 0 Å². The highest BCUT2D eigenvalue weighted by atomic mass is 32.2. The summed E-state index contributed by atoms with van der Waals surface area (Å²) in [5.41, 5.74) is 2.00. The summed E-state index contributed by atoms with van der Waals surface area (Å²) < 4.78 is 31.3. The fourth-order valence-corrected chi connectivity index (χ4v) is 3.38. The van der Waals surface area contributed by atoms with Gasteiger partial charge in [-0.15, -0.1) is 0 Å². The van der Waals surface area contributed by atoms with E-state index in [0.29, 0.717) is 12.5 Å². The zero-order chi connectivity index (χ0) is 17.0. The molecule has 1 aromatic carbocycles. The van der Waals surface area contributed by atoms with Crippen LogP contribution in [0.2, 0.25) is 0 Å². The average molecular weight is 340 g/mol. The lowest BCUT2D eigenvalue weighted by atomic mass is 9.89. The molecule has 1 unspecified atom stereocenters. The van der Waals surface area contributed by atoms with Gasteiger partial charge in [-0.25, -0.2) is 0 Å². The van der Waals surface area contributed by atoms with Crippen LogP contribution in [-0.2, 0) is 14.9 Å². The highest BCUT2D eigenvalue weighted by Crippen LogP contribution is 2.29. The van der Waals surface area contributed by atoms with Gasteiger partial charge in [0.05, 0.1) is 5.25 Å². The number of anilines is 1. The molecule has 1 aliphatic rings. The van der Waals surface area contributed by atoms with Crippen LogP contribution in [0.4, 0.5) is 5.69 Å². The Bertz CT molecular complexity index is 652. The highest BCUT2D eigenvalue weighted by Gasteiger charge is 2.25. The van der Waals surface area contributed by atoms with E-state index in [1.54, 1.807) is 0 Å². The lowest BCUT2D eigenvalue weighted by Gasteiger charge is -2.33. The van der Waals surface area contributed by atoms with E-state index >= 15 is 0 Å². The van der Waals surface area contributed by atoms with Gasteiger partial charge in [-0.2, -0.15) is 8.42 Å². The molecule has 2 N–H and O–H groups in total. The molecule has 1 aliphatic heterocycles. The number of benzene rings is 1. The highest BCUT2D eigenvalue weighted by molar-refractivity contribution is 7.86. The summed E-state index contributed by atoms with van der Waals surface area (Å²) in [6.45, 7) is 4.97. The van der Waals surface area contributed by atoms with Gasteiger partial charge in [0.1, 0.15) is 0 Å². The number of carbonyl (C=O) groups excluding carboxylic acids is 1. The Morgan fingerprint density at radius 2 is 2.04 bits per heavy atom. The van der Waals surface area contributed by atoms with E-state index < -0.39 is 15.4 Å². The topological polar surface area (TPSA) is 86.7 Å². The van der Waals surface area contributed by atoms with Gasteiger partial charge in [0.15, 0.2) is 0 Å². The number of rotatable bonds is 5. The van der Waals surface area contributed by atoms with Crippen molar-refractivity contribution in [2.45, 2.75) is 37.9 Å². The van der Waals surface area contributed by atoms with Gasteiger partial charge in [0.25, 0.3) is 10.1 Å². The fraction of sp³-hybridized carbons (Fsp3) is 0.562. The van der Waals surface area contributed by atoms with Gasteiger partial charge in [0, 0.05) is 19.2 Å². The first-order valence-electron chi connectivity index (χ1n) is 7.82. The molecular formula is C16H24N2O4S. The lowest BCUT2D eigenvalue weighted by Crippen LogP contribution is -2.39. The second-order valence-electron chi connectivity index (χ2n) is 6.21. The van der Waals surface area contributed by atoms with E-state index in [1.807, 2.05) is 18.2 Å². The summed E-state index contributed by atoms with van der Waals surface area (Å²) in [4.78, 5) is 13.2. The van der Waals surface area contributed by atoms with Crippen LogP contribution in [0, 0.1) is 0 Å². The minimum atomic E-state index is -3.97. The second-order valence-corrected chi connectivity index (χ2v) is 8.04. The molecule has 2 rings (SSSR count). The number of likely N-dealkylation sites (tertiary alicyclic amines) is 1. The molecule has 1 fully saturated rings. The third kappa shape index (κ3) is 5.30. The Labute approximate surface area is 137 Å². The first-order chi connectivity index (χ1) is 10.8. The molecule has 0 aromatic heterocycles. The molecule has 1 atom stereocenters. The smallest absolute Gasteiger partial charge is 0.268 e. The van der Waals surface area contributed by atoms with Crippen molar-refractivity contribution in [1.29, 1.82) is 0 Å². The van der Waals surface area contributed by atoms with Crippen LogP contribution in [-0.4, -0.2) is 48.7 Å². The standard InChI is InChI=1S/C16H24N2O4S/c1-12(23(20,21)22)11-18-8-6-14(7-9-18)15-4-3-5-16(10-15)17-13(2)19/h3-5,10,12,14H,6-9,11H2,1-2H3,(H,17,19)(H,20,21,22). The van der Waals surface area contributed by atoms with E-state index in [4.69, 9.17) is 4.55 Å². The fourth-order valence-electron chi connectivity index (χ4n) is 2.98. The summed E-state index contributed by atoms with van der Waals surface area (Å²) in [6, 6.07) is 7.87. The van der Waals surface area contributed by atoms with Crippen molar-refractivity contribution in [3.63, 3.8) is 0 Å². The number of nitrogens with one attached hydrogen (secondary N) is 1. The van der Waals surface area contributed by atoms with Crippen LogP contribution in [0.15, 0.2) is 24.3 Å². The zero-order valence-corrected chi connectivity index (χ0v) is 14.3. The maximum absolute atomic E-state index is 11.1. The van der Waals surface area contributed by atoms with Crippen molar-refractivity contribution >= 4 is 21.7 Å². The maximum Gasteiger partial charge on any atom is 0.268 e. The van der Waals surface area contributed by atoms with Crippen LogP contribution in [0.5, 0.6) is 0 Å². The number of hydrogen-bond acceptors (Lipinski definition) is 4. The Kier molecular flexibility index (Phi) is 5.78. The first-order valence-corrected chi connectivity index (χ1v) is 9.32. The molecule has 0 radical (unpaired) electrons. The Morgan fingerprint density at radius 1 is 1.39 bits per heavy atom. The van der Waals surface area contributed by atoms with E-state index in [-0.39, 0.29) is 5.91 Å². The molecule has 6 nitrogen and oxygen atoms in total. The molecule has 1 amide bonds. The van der Waals surface area contributed by atoms with Crippen LogP contribution >= 0.6 is 0 Å². The second kappa shape index (κ2) is 7.42. The van der Waals surface area contributed by atoms with E-state index in [2.05, 4.69) is 16.3 Å². The van der Waals surface area contributed by atoms with E-state index in [9.17, 15) is 13.2 Å². The molecule has 128 valence electrons. The van der Waals surface area contributed by atoms with Crippen molar-refractivity contribution in [1.82, 2.24) is 4.90 Å². The van der Waals surface area contributed by atoms with Gasteiger partial charge < -0.3 is 10.2 Å². The predicted molar refractivity (Wildman–Crippen MR) is 90.2 cm³/mol. The van der Waals surface area contributed by atoms with E-state index in [0.717, 1.165) is 31.6 Å². The largest absolute Gasteiger partial charge is 0.326 e. The summed E-state index contributed by atoms with van der Waals surface area (Å²) in [7, 11) is -3.97. The number of amides is 1. The van der Waals surface area contributed by atoms with Gasteiger partial charge in [0.2, 0.25) is 5.91 Å². The van der Waals surface area contributed by atoms with Crippen LogP contribution < -0.4 is 5.32 Å². The predicted octanol–water partition coefficient (Wildman–Crippen LogP) is 2.10. The Balaban J connectivity index is 1.93. The van der Waals surface area contributed by atoms with Crippen molar-refractivity contribution in [3.05, 3.63) is 29.8 Å². The quantitative estimate of drug-likeness (QED) is 0.802. The third-order valence-electron chi connectivity index (χ3n) is 4.29. The first kappa shape index (κ1) is 17.9. The summed E-state index contributed by atoms with van der Waals surface area (Å²) in [5, 5.41) is 2.03. The summed E-state index contributed by atoms with van der Waals surface area (Å²) in [5.74, 6) is 0.317. The maximum atomic E-state index is 11.1. The van der Waals surface area contributed by atoms with Gasteiger partial charge in [-0.05, 0) is 56.5 Å². The molecule has 23 heavy (non-hydrogen) atoms. The molecule has 1 saturated heterocycles. The van der Waals surface area contributed by atoms with Crippen LogP contribution in [0.25, 0.3) is 0 Å². The molecule has 0 bridgehead atoms. The molecule has 7 heteroatoms. The van der Waals surface area contributed by atoms with Crippen LogP contribution in [0.3, 0.4) is 0 Å². The molecule has 1 aromatic rings. The molecule has 0 saturated carbocycles. The summed E-state index contributed by atoms with van der Waals surface area (Å²) in [6.07, 6.45) is 1.86. The normalized spacial score (nSPS) is 18.6. The van der Waals surface area contributed by atoms with E-state index in [1.165, 1.54) is 19.4 Å². The van der Waals surface area contributed by atoms with Crippen molar-refractivity contribution < 1.29 is 17.8 Å². The lowest BCUT2D eigenvalue weighted by molar-refractivity contribution is -0.114. The number of nitrogens with zero attached hydrogens (tertiary/aromatic N) is 1. The average Bonchev–Trinajstić information content (AvgIpc) is 2.46. The Hall–Kier alpha value is -1.44. The Morgan fingerprint density at radius 3 is 2.61 bits per heavy atom. The third-order valence-corrected chi connectivity index (χ3v) is 5.46. The van der Waals surface area contributed by atoms with Crippen LogP contribution in [0.1, 0.15) is 38.2 Å². The zero-order valence-electron chi connectivity index (χ0n) is 13.5.